The van der Waals surface area contributed by atoms with Gasteiger partial charge in [0.15, 0.2) is 5.16 Å². The van der Waals surface area contributed by atoms with E-state index in [-0.39, 0.29) is 11.9 Å². The van der Waals surface area contributed by atoms with Crippen LogP contribution in [0.4, 0.5) is 0 Å². The number of nitrogens with zero attached hydrogens (tertiary/aromatic N) is 3. The number of benzene rings is 2. The fourth-order valence-corrected chi connectivity index (χ4v) is 4.44. The van der Waals surface area contributed by atoms with Crippen molar-refractivity contribution in [2.75, 3.05) is 7.11 Å². The number of ether oxygens (including phenoxy) is 1. The van der Waals surface area contributed by atoms with Gasteiger partial charge in [0.05, 0.1) is 30.9 Å². The topological polar surface area (TPSA) is 69.0 Å². The van der Waals surface area contributed by atoms with Gasteiger partial charge in [-0.3, -0.25) is 9.78 Å². The summed E-state index contributed by atoms with van der Waals surface area (Å²) in [5, 5.41) is 3.93. The Bertz CT molecular complexity index is 1240. The predicted molar refractivity (Wildman–Crippen MR) is 133 cm³/mol. The molecule has 4 rings (SSSR count). The summed E-state index contributed by atoms with van der Waals surface area (Å²) in [6, 6.07) is 18.0. The highest BCUT2D eigenvalue weighted by molar-refractivity contribution is 7.98. The highest BCUT2D eigenvalue weighted by Gasteiger charge is 2.13. The van der Waals surface area contributed by atoms with Crippen LogP contribution < -0.4 is 10.1 Å². The number of aromatic nitrogens is 3. The molecular weight excluding hydrogens is 432 g/mol. The lowest BCUT2D eigenvalue weighted by Gasteiger charge is -2.12. The van der Waals surface area contributed by atoms with Gasteiger partial charge in [-0.25, -0.2) is 4.98 Å². The van der Waals surface area contributed by atoms with Gasteiger partial charge in [-0.2, -0.15) is 0 Å². The molecule has 6 nitrogen and oxygen atoms in total. The largest absolute Gasteiger partial charge is 0.497 e. The Labute approximate surface area is 198 Å². The van der Waals surface area contributed by atoms with Crippen LogP contribution in [0.25, 0.3) is 11.0 Å². The number of hydrogen-bond donors (Lipinski definition) is 1. The van der Waals surface area contributed by atoms with Gasteiger partial charge >= 0.3 is 0 Å². The van der Waals surface area contributed by atoms with Gasteiger partial charge in [0.25, 0.3) is 5.91 Å². The monoisotopic (exact) mass is 460 g/mol. The van der Waals surface area contributed by atoms with Crippen molar-refractivity contribution >= 4 is 28.7 Å². The van der Waals surface area contributed by atoms with Gasteiger partial charge in [-0.05, 0) is 54.8 Å². The zero-order valence-electron chi connectivity index (χ0n) is 19.1. The van der Waals surface area contributed by atoms with Gasteiger partial charge in [-0.1, -0.05) is 43.0 Å². The van der Waals surface area contributed by atoms with Gasteiger partial charge < -0.3 is 14.6 Å². The van der Waals surface area contributed by atoms with Crippen molar-refractivity contribution in [2.45, 2.75) is 43.8 Å². The lowest BCUT2D eigenvalue weighted by molar-refractivity contribution is 0.0939. The minimum Gasteiger partial charge on any atom is -0.497 e. The summed E-state index contributed by atoms with van der Waals surface area (Å²) >= 11 is 1.68. The molecule has 33 heavy (non-hydrogen) atoms. The first-order valence-corrected chi connectivity index (χ1v) is 12.0. The van der Waals surface area contributed by atoms with Crippen LogP contribution >= 0.6 is 11.8 Å². The summed E-state index contributed by atoms with van der Waals surface area (Å²) < 4.78 is 7.57. The third kappa shape index (κ3) is 5.54. The number of nitrogens with one attached hydrogen (secondary N) is 1. The van der Waals surface area contributed by atoms with Gasteiger partial charge in [0.2, 0.25) is 0 Å². The smallest absolute Gasteiger partial charge is 0.251 e. The van der Waals surface area contributed by atoms with Crippen molar-refractivity contribution < 1.29 is 9.53 Å². The summed E-state index contributed by atoms with van der Waals surface area (Å²) in [5.41, 5.74) is 4.88. The maximum Gasteiger partial charge on any atom is 0.251 e. The number of carbonyl (C=O) groups excluding carboxylic acids is 1. The van der Waals surface area contributed by atoms with Gasteiger partial charge in [-0.15, -0.1) is 0 Å². The van der Waals surface area contributed by atoms with E-state index in [2.05, 4.69) is 27.9 Å². The van der Waals surface area contributed by atoms with Crippen molar-refractivity contribution in [1.29, 1.82) is 0 Å². The fourth-order valence-electron chi connectivity index (χ4n) is 3.47. The van der Waals surface area contributed by atoms with Crippen molar-refractivity contribution in [1.82, 2.24) is 19.9 Å². The number of fused-ring (bicyclic) bond motifs is 1. The summed E-state index contributed by atoms with van der Waals surface area (Å²) in [6.45, 7) is 4.75. The molecule has 0 unspecified atom stereocenters. The van der Waals surface area contributed by atoms with Crippen molar-refractivity contribution in [3.05, 3.63) is 83.7 Å². The lowest BCUT2D eigenvalue weighted by Crippen LogP contribution is -2.31. The van der Waals surface area contributed by atoms with E-state index >= 15 is 0 Å². The van der Waals surface area contributed by atoms with Crippen LogP contribution in [0.15, 0.2) is 72.1 Å². The van der Waals surface area contributed by atoms with Crippen molar-refractivity contribution in [3.63, 3.8) is 0 Å². The molecule has 0 aliphatic heterocycles. The second-order valence-electron chi connectivity index (χ2n) is 7.96. The third-order valence-corrected chi connectivity index (χ3v) is 6.61. The second kappa shape index (κ2) is 10.5. The normalized spacial score (nSPS) is 12.0. The highest BCUT2D eigenvalue weighted by atomic mass is 32.2. The summed E-state index contributed by atoms with van der Waals surface area (Å²) in [7, 11) is 1.68. The Morgan fingerprint density at radius 3 is 2.73 bits per heavy atom. The molecule has 7 heteroatoms. The molecule has 4 aromatic rings. The Kier molecular flexibility index (Phi) is 7.29. The van der Waals surface area contributed by atoms with Crippen LogP contribution in [-0.4, -0.2) is 33.6 Å². The molecule has 0 aliphatic carbocycles. The van der Waals surface area contributed by atoms with E-state index in [1.165, 1.54) is 0 Å². The first kappa shape index (κ1) is 22.9. The molecule has 2 aromatic heterocycles. The molecule has 0 spiro atoms. The molecular formula is C26H28N4O2S. The molecule has 1 N–H and O–H groups in total. The molecule has 0 fully saturated rings. The van der Waals surface area contributed by atoms with Crippen LogP contribution in [0.2, 0.25) is 0 Å². The average molecular weight is 461 g/mol. The Hall–Kier alpha value is -3.32. The van der Waals surface area contributed by atoms with E-state index in [4.69, 9.17) is 9.72 Å². The van der Waals surface area contributed by atoms with Crippen molar-refractivity contribution in [3.8, 4) is 5.75 Å². The standard InChI is InChI=1S/C26H28N4O2S/c1-4-18(2)28-25(31)21-10-8-19(9-11-21)17-33-26-29-23-12-13-27-15-24(23)30(26)16-20-6-5-7-22(14-20)32-3/h5-15,18H,4,16-17H2,1-3H3,(H,28,31)/t18-/m1/s1. The van der Waals surface area contributed by atoms with Gasteiger partial charge in [0.1, 0.15) is 5.75 Å². The second-order valence-corrected chi connectivity index (χ2v) is 8.91. The summed E-state index contributed by atoms with van der Waals surface area (Å²) in [6.07, 6.45) is 4.53. The molecule has 0 aliphatic rings. The molecule has 170 valence electrons. The molecule has 0 radical (unpaired) electrons. The molecule has 0 saturated heterocycles. The van der Waals surface area contributed by atoms with Crippen LogP contribution in [0, 0.1) is 0 Å². The Morgan fingerprint density at radius 1 is 1.15 bits per heavy atom. The number of imidazole rings is 1. The first-order valence-electron chi connectivity index (χ1n) is 11.0. The van der Waals surface area contributed by atoms with E-state index in [9.17, 15) is 4.79 Å². The molecule has 1 amide bonds. The Morgan fingerprint density at radius 2 is 1.97 bits per heavy atom. The lowest BCUT2D eigenvalue weighted by atomic mass is 10.1. The van der Waals surface area contributed by atoms with Crippen LogP contribution in [0.1, 0.15) is 41.8 Å². The zero-order valence-corrected chi connectivity index (χ0v) is 19.9. The maximum atomic E-state index is 12.3. The van der Waals surface area contributed by atoms with E-state index in [0.29, 0.717) is 12.1 Å². The number of pyridine rings is 1. The number of hydrogen-bond acceptors (Lipinski definition) is 5. The summed E-state index contributed by atoms with van der Waals surface area (Å²) in [4.78, 5) is 21.5. The van der Waals surface area contributed by atoms with Gasteiger partial charge in [0, 0.05) is 23.6 Å². The maximum absolute atomic E-state index is 12.3. The zero-order chi connectivity index (χ0) is 23.2. The molecule has 0 saturated carbocycles. The molecule has 2 aromatic carbocycles. The number of carbonyl (C=O) groups is 1. The van der Waals surface area contributed by atoms with E-state index in [0.717, 1.165) is 45.2 Å². The quantitative estimate of drug-likeness (QED) is 0.343. The Balaban J connectivity index is 1.52. The minimum absolute atomic E-state index is 0.0314. The highest BCUT2D eigenvalue weighted by Crippen LogP contribution is 2.28. The third-order valence-electron chi connectivity index (χ3n) is 5.56. The van der Waals surface area contributed by atoms with E-state index in [1.807, 2.05) is 61.7 Å². The SMILES string of the molecule is CC[C@@H](C)NC(=O)c1ccc(CSc2nc3ccncc3n2Cc2cccc(OC)c2)cc1. The number of rotatable bonds is 9. The number of amides is 1. The van der Waals surface area contributed by atoms with Crippen LogP contribution in [0.3, 0.4) is 0 Å². The average Bonchev–Trinajstić information content (AvgIpc) is 3.20. The van der Waals surface area contributed by atoms with E-state index < -0.39 is 0 Å². The first-order chi connectivity index (χ1) is 16.1. The number of methoxy groups -OCH3 is 1. The van der Waals surface area contributed by atoms with Crippen LogP contribution in [-0.2, 0) is 12.3 Å². The molecule has 0 bridgehead atoms. The predicted octanol–water partition coefficient (Wildman–Crippen LogP) is 5.31. The van der Waals surface area contributed by atoms with Crippen molar-refractivity contribution in [2.24, 2.45) is 0 Å². The number of thioether (sulfide) groups is 1. The molecule has 1 atom stereocenters. The minimum atomic E-state index is -0.0314. The fraction of sp³-hybridized carbons (Fsp3) is 0.269. The molecule has 2 heterocycles. The van der Waals surface area contributed by atoms with E-state index in [1.54, 1.807) is 25.1 Å². The van der Waals surface area contributed by atoms with Crippen LogP contribution in [0.5, 0.6) is 5.75 Å². The summed E-state index contributed by atoms with van der Waals surface area (Å²) in [5.74, 6) is 1.56.